The van der Waals surface area contributed by atoms with Crippen LogP contribution in [0.25, 0.3) is 21.9 Å². The van der Waals surface area contributed by atoms with Crippen LogP contribution in [0.5, 0.6) is 5.75 Å². The van der Waals surface area contributed by atoms with Gasteiger partial charge in [-0.25, -0.2) is 0 Å². The standard InChI is InChI=1S/C23H22N2O3S/c1-27-21-12-16-15-6-2-3-8-19(15)28-20(16)13-17(21)24-23(26)14-25-10-4-7-18(25)22-9-5-11-29-22/h2-3,5-6,8-9,11-13,18H,4,7,10,14H2,1H3,(H,24,26)/t18-/m1/s1. The van der Waals surface area contributed by atoms with Crippen molar-refractivity contribution in [2.75, 3.05) is 25.5 Å². The molecule has 3 heterocycles. The van der Waals surface area contributed by atoms with Crippen molar-refractivity contribution in [3.63, 3.8) is 0 Å². The lowest BCUT2D eigenvalue weighted by Gasteiger charge is -2.23. The lowest BCUT2D eigenvalue weighted by atomic mass is 10.1. The summed E-state index contributed by atoms with van der Waals surface area (Å²) in [5, 5.41) is 7.14. The first kappa shape index (κ1) is 18.2. The van der Waals surface area contributed by atoms with E-state index in [2.05, 4.69) is 27.7 Å². The van der Waals surface area contributed by atoms with Crippen LogP contribution >= 0.6 is 11.3 Å². The maximum Gasteiger partial charge on any atom is 0.238 e. The number of fused-ring (bicyclic) bond motifs is 3. The van der Waals surface area contributed by atoms with Gasteiger partial charge in [-0.2, -0.15) is 0 Å². The van der Waals surface area contributed by atoms with Crippen molar-refractivity contribution < 1.29 is 13.9 Å². The van der Waals surface area contributed by atoms with Gasteiger partial charge in [-0.1, -0.05) is 24.3 Å². The SMILES string of the molecule is COc1cc2c(cc1NC(=O)CN1CCC[C@@H]1c1cccs1)oc1ccccc12. The molecule has 1 saturated heterocycles. The fourth-order valence-corrected chi connectivity index (χ4v) is 5.11. The molecule has 1 atom stereocenters. The summed E-state index contributed by atoms with van der Waals surface area (Å²) >= 11 is 1.76. The van der Waals surface area contributed by atoms with Gasteiger partial charge in [0.25, 0.3) is 0 Å². The van der Waals surface area contributed by atoms with Gasteiger partial charge in [0.15, 0.2) is 0 Å². The predicted molar refractivity (Wildman–Crippen MR) is 117 cm³/mol. The highest BCUT2D eigenvalue weighted by atomic mass is 32.1. The smallest absolute Gasteiger partial charge is 0.238 e. The Morgan fingerprint density at radius 3 is 2.93 bits per heavy atom. The number of para-hydroxylation sites is 1. The van der Waals surface area contributed by atoms with Crippen LogP contribution in [0.1, 0.15) is 23.8 Å². The third-order valence-electron chi connectivity index (χ3n) is 5.55. The molecule has 29 heavy (non-hydrogen) atoms. The zero-order valence-electron chi connectivity index (χ0n) is 16.2. The van der Waals surface area contributed by atoms with Gasteiger partial charge in [0.2, 0.25) is 5.91 Å². The van der Waals surface area contributed by atoms with Gasteiger partial charge < -0.3 is 14.5 Å². The molecule has 1 amide bonds. The molecule has 0 bridgehead atoms. The second kappa shape index (κ2) is 7.54. The Bertz CT molecular complexity index is 1170. The number of rotatable bonds is 5. The zero-order valence-corrected chi connectivity index (χ0v) is 17.0. The minimum absolute atomic E-state index is 0.0396. The van der Waals surface area contributed by atoms with Crippen LogP contribution in [0.2, 0.25) is 0 Å². The van der Waals surface area contributed by atoms with Crippen LogP contribution in [-0.4, -0.2) is 31.0 Å². The molecule has 2 aromatic heterocycles. The molecule has 0 radical (unpaired) electrons. The quantitative estimate of drug-likeness (QED) is 0.480. The fourth-order valence-electron chi connectivity index (χ4n) is 4.21. The summed E-state index contributed by atoms with van der Waals surface area (Å²) in [6.45, 7) is 1.31. The Morgan fingerprint density at radius 2 is 2.10 bits per heavy atom. The number of hydrogen-bond acceptors (Lipinski definition) is 5. The zero-order chi connectivity index (χ0) is 19.8. The van der Waals surface area contributed by atoms with E-state index in [4.69, 9.17) is 9.15 Å². The van der Waals surface area contributed by atoms with Gasteiger partial charge in [-0.3, -0.25) is 9.69 Å². The van der Waals surface area contributed by atoms with Crippen LogP contribution in [0.15, 0.2) is 58.3 Å². The number of nitrogens with zero attached hydrogens (tertiary/aromatic N) is 1. The fraction of sp³-hybridized carbons (Fsp3) is 0.261. The molecule has 1 N–H and O–H groups in total. The molecule has 0 spiro atoms. The molecule has 4 aromatic rings. The molecule has 0 aliphatic carbocycles. The van der Waals surface area contributed by atoms with Crippen LogP contribution in [0, 0.1) is 0 Å². The summed E-state index contributed by atoms with van der Waals surface area (Å²) in [6, 6.07) is 16.3. The Kier molecular flexibility index (Phi) is 4.73. The Balaban J connectivity index is 1.39. The van der Waals surface area contributed by atoms with Gasteiger partial charge in [-0.15, -0.1) is 11.3 Å². The Labute approximate surface area is 172 Å². The number of furan rings is 1. The van der Waals surface area contributed by atoms with Crippen LogP contribution < -0.4 is 10.1 Å². The van der Waals surface area contributed by atoms with Gasteiger partial charge in [0.05, 0.1) is 19.3 Å². The lowest BCUT2D eigenvalue weighted by molar-refractivity contribution is -0.117. The molecule has 2 aromatic carbocycles. The third kappa shape index (κ3) is 3.39. The average molecular weight is 407 g/mol. The second-order valence-corrected chi connectivity index (χ2v) is 8.32. The molecular weight excluding hydrogens is 384 g/mol. The van der Waals surface area contributed by atoms with Crippen LogP contribution in [0.4, 0.5) is 5.69 Å². The molecule has 0 saturated carbocycles. The Morgan fingerprint density at radius 1 is 1.21 bits per heavy atom. The van der Waals surface area contributed by atoms with Gasteiger partial charge in [0, 0.05) is 27.8 Å². The highest BCUT2D eigenvalue weighted by molar-refractivity contribution is 7.10. The van der Waals surface area contributed by atoms with Crippen LogP contribution in [0.3, 0.4) is 0 Å². The minimum Gasteiger partial charge on any atom is -0.495 e. The highest BCUT2D eigenvalue weighted by Crippen LogP contribution is 2.37. The van der Waals surface area contributed by atoms with Crippen molar-refractivity contribution in [1.82, 2.24) is 4.90 Å². The largest absolute Gasteiger partial charge is 0.495 e. The number of benzene rings is 2. The molecule has 1 aliphatic rings. The normalized spacial score (nSPS) is 17.2. The first-order valence-electron chi connectivity index (χ1n) is 9.79. The van der Waals surface area contributed by atoms with Gasteiger partial charge in [0.1, 0.15) is 16.9 Å². The van der Waals surface area contributed by atoms with Gasteiger partial charge in [-0.05, 0) is 43.0 Å². The summed E-state index contributed by atoms with van der Waals surface area (Å²) in [5.41, 5.74) is 2.19. The number of thiophene rings is 1. The maximum atomic E-state index is 12.8. The number of anilines is 1. The minimum atomic E-state index is -0.0396. The van der Waals surface area contributed by atoms with Crippen molar-refractivity contribution >= 4 is 44.9 Å². The van der Waals surface area contributed by atoms with Crippen molar-refractivity contribution in [2.24, 2.45) is 0 Å². The molecule has 148 valence electrons. The number of nitrogens with one attached hydrogen (secondary N) is 1. The van der Waals surface area contributed by atoms with E-state index in [0.717, 1.165) is 41.3 Å². The summed E-state index contributed by atoms with van der Waals surface area (Å²) in [5.74, 6) is 0.593. The van der Waals surface area contributed by atoms with E-state index < -0.39 is 0 Å². The summed E-state index contributed by atoms with van der Waals surface area (Å²) in [6.07, 6.45) is 2.21. The number of ether oxygens (including phenoxy) is 1. The number of likely N-dealkylation sites (tertiary alicyclic amines) is 1. The Hall–Kier alpha value is -2.83. The third-order valence-corrected chi connectivity index (χ3v) is 6.53. The van der Waals surface area contributed by atoms with Crippen LogP contribution in [-0.2, 0) is 4.79 Å². The van der Waals surface area contributed by atoms with E-state index in [-0.39, 0.29) is 5.91 Å². The molecule has 0 unspecified atom stereocenters. The van der Waals surface area contributed by atoms with E-state index in [9.17, 15) is 4.79 Å². The monoisotopic (exact) mass is 406 g/mol. The van der Waals surface area contributed by atoms with E-state index in [0.29, 0.717) is 24.0 Å². The first-order valence-corrected chi connectivity index (χ1v) is 10.7. The maximum absolute atomic E-state index is 12.8. The van der Waals surface area contributed by atoms with E-state index in [1.165, 1.54) is 4.88 Å². The molecule has 5 rings (SSSR count). The number of carbonyl (C=O) groups is 1. The summed E-state index contributed by atoms with van der Waals surface area (Å²) in [4.78, 5) is 16.4. The number of methoxy groups -OCH3 is 1. The second-order valence-electron chi connectivity index (χ2n) is 7.34. The first-order chi connectivity index (χ1) is 14.2. The van der Waals surface area contributed by atoms with E-state index in [1.54, 1.807) is 18.4 Å². The van der Waals surface area contributed by atoms with Crippen molar-refractivity contribution in [3.8, 4) is 5.75 Å². The number of carbonyl (C=O) groups excluding carboxylic acids is 1. The summed E-state index contributed by atoms with van der Waals surface area (Å²) < 4.78 is 11.5. The predicted octanol–water partition coefficient (Wildman–Crippen LogP) is 5.43. The number of amides is 1. The van der Waals surface area contributed by atoms with Crippen molar-refractivity contribution in [3.05, 3.63) is 58.8 Å². The molecule has 5 nitrogen and oxygen atoms in total. The summed E-state index contributed by atoms with van der Waals surface area (Å²) in [7, 11) is 1.62. The van der Waals surface area contributed by atoms with Crippen molar-refractivity contribution in [2.45, 2.75) is 18.9 Å². The topological polar surface area (TPSA) is 54.7 Å². The lowest BCUT2D eigenvalue weighted by Crippen LogP contribution is -2.32. The highest BCUT2D eigenvalue weighted by Gasteiger charge is 2.28. The van der Waals surface area contributed by atoms with Crippen molar-refractivity contribution in [1.29, 1.82) is 0 Å². The van der Waals surface area contributed by atoms with E-state index >= 15 is 0 Å². The number of hydrogen-bond donors (Lipinski definition) is 1. The molecule has 1 fully saturated rings. The average Bonchev–Trinajstić information content (AvgIpc) is 3.46. The molecule has 1 aliphatic heterocycles. The van der Waals surface area contributed by atoms with Gasteiger partial charge >= 0.3 is 0 Å². The molecular formula is C23H22N2O3S. The van der Waals surface area contributed by atoms with E-state index in [1.807, 2.05) is 36.4 Å². The molecule has 6 heteroatoms.